The van der Waals surface area contributed by atoms with E-state index in [-0.39, 0.29) is 11.8 Å². The molecule has 0 aliphatic rings. The molecule has 1 unspecified atom stereocenters. The third-order valence-corrected chi connectivity index (χ3v) is 2.88. The smallest absolute Gasteiger partial charge is 0.371 e. The number of rotatable bonds is 4. The lowest BCUT2D eigenvalue weighted by Crippen LogP contribution is -2.10. The largest absolute Gasteiger partial charge is 0.475 e. The maximum absolute atomic E-state index is 10.8. The standard InChI is InChI=1S/C13H16N2O3/c1-8(2)12-14-6-7-15(12)9(3)10-4-5-11(18-10)13(16)17/h4-9H,1-3H3,(H,16,17). The minimum absolute atomic E-state index is 0.0388. The lowest BCUT2D eigenvalue weighted by molar-refractivity contribution is 0.0659. The summed E-state index contributed by atoms with van der Waals surface area (Å²) in [5, 5.41) is 8.84. The molecule has 96 valence electrons. The second kappa shape index (κ2) is 4.68. The van der Waals surface area contributed by atoms with Gasteiger partial charge in [0.25, 0.3) is 0 Å². The van der Waals surface area contributed by atoms with Crippen molar-refractivity contribution < 1.29 is 14.3 Å². The molecule has 0 saturated carbocycles. The molecule has 2 heterocycles. The molecule has 18 heavy (non-hydrogen) atoms. The summed E-state index contributed by atoms with van der Waals surface area (Å²) in [5.74, 6) is 0.783. The van der Waals surface area contributed by atoms with E-state index >= 15 is 0 Å². The van der Waals surface area contributed by atoms with Gasteiger partial charge in [-0.15, -0.1) is 0 Å². The van der Waals surface area contributed by atoms with Crippen molar-refractivity contribution in [2.45, 2.75) is 32.7 Å². The SMILES string of the molecule is CC(C)c1nccn1C(C)c1ccc(C(=O)O)o1. The number of carboxylic acid groups (broad SMARTS) is 1. The fraction of sp³-hybridized carbons (Fsp3) is 0.385. The number of aromatic nitrogens is 2. The highest BCUT2D eigenvalue weighted by Crippen LogP contribution is 2.24. The quantitative estimate of drug-likeness (QED) is 0.903. The third kappa shape index (κ3) is 2.16. The number of hydrogen-bond donors (Lipinski definition) is 1. The molecular weight excluding hydrogens is 232 g/mol. The molecular formula is C13H16N2O3. The first-order chi connectivity index (χ1) is 8.50. The van der Waals surface area contributed by atoms with Gasteiger partial charge in [0.1, 0.15) is 11.6 Å². The number of nitrogens with zero attached hydrogens (tertiary/aromatic N) is 2. The van der Waals surface area contributed by atoms with E-state index in [9.17, 15) is 4.79 Å². The van der Waals surface area contributed by atoms with Crippen molar-refractivity contribution >= 4 is 5.97 Å². The molecule has 5 heteroatoms. The number of furan rings is 1. The number of carboxylic acids is 1. The number of aromatic carboxylic acids is 1. The lowest BCUT2D eigenvalue weighted by atomic mass is 10.2. The molecule has 2 aromatic heterocycles. The second-order valence-corrected chi connectivity index (χ2v) is 4.53. The molecule has 0 fully saturated rings. The van der Waals surface area contributed by atoms with Crippen molar-refractivity contribution in [2.24, 2.45) is 0 Å². The fourth-order valence-electron chi connectivity index (χ4n) is 1.93. The van der Waals surface area contributed by atoms with Crippen LogP contribution in [0.2, 0.25) is 0 Å². The zero-order chi connectivity index (χ0) is 13.3. The van der Waals surface area contributed by atoms with E-state index in [0.717, 1.165) is 5.82 Å². The molecule has 2 aromatic rings. The second-order valence-electron chi connectivity index (χ2n) is 4.53. The highest BCUT2D eigenvalue weighted by atomic mass is 16.4. The third-order valence-electron chi connectivity index (χ3n) is 2.88. The van der Waals surface area contributed by atoms with E-state index < -0.39 is 5.97 Å². The minimum atomic E-state index is -1.05. The van der Waals surface area contributed by atoms with Gasteiger partial charge in [-0.1, -0.05) is 13.8 Å². The van der Waals surface area contributed by atoms with Crippen LogP contribution in [0.4, 0.5) is 0 Å². The molecule has 0 aromatic carbocycles. The summed E-state index contributed by atoms with van der Waals surface area (Å²) in [6.07, 6.45) is 3.62. The molecule has 0 bridgehead atoms. The molecule has 1 atom stereocenters. The fourth-order valence-corrected chi connectivity index (χ4v) is 1.93. The molecule has 2 rings (SSSR count). The van der Waals surface area contributed by atoms with Crippen molar-refractivity contribution in [3.63, 3.8) is 0 Å². The summed E-state index contributed by atoms with van der Waals surface area (Å²) in [7, 11) is 0. The van der Waals surface area contributed by atoms with Gasteiger partial charge >= 0.3 is 5.97 Å². The van der Waals surface area contributed by atoms with Gasteiger partial charge in [0, 0.05) is 18.3 Å². The van der Waals surface area contributed by atoms with E-state index in [4.69, 9.17) is 9.52 Å². The normalized spacial score (nSPS) is 12.9. The van der Waals surface area contributed by atoms with Gasteiger partial charge in [-0.2, -0.15) is 0 Å². The Balaban J connectivity index is 2.32. The summed E-state index contributed by atoms with van der Waals surface area (Å²) in [5.41, 5.74) is 0. The Morgan fingerprint density at radius 2 is 2.11 bits per heavy atom. The van der Waals surface area contributed by atoms with Crippen LogP contribution >= 0.6 is 0 Å². The minimum Gasteiger partial charge on any atom is -0.475 e. The molecule has 0 aliphatic carbocycles. The average Bonchev–Trinajstić information content (AvgIpc) is 2.97. The van der Waals surface area contributed by atoms with Gasteiger partial charge < -0.3 is 14.1 Å². The summed E-state index contributed by atoms with van der Waals surface area (Å²) in [4.78, 5) is 15.1. The predicted octanol–water partition coefficient (Wildman–Crippen LogP) is 2.91. The van der Waals surface area contributed by atoms with Crippen molar-refractivity contribution in [1.82, 2.24) is 9.55 Å². The molecule has 5 nitrogen and oxygen atoms in total. The first-order valence-corrected chi connectivity index (χ1v) is 5.86. The van der Waals surface area contributed by atoms with Gasteiger partial charge in [-0.25, -0.2) is 9.78 Å². The highest BCUT2D eigenvalue weighted by Gasteiger charge is 2.18. The highest BCUT2D eigenvalue weighted by molar-refractivity contribution is 5.84. The van der Waals surface area contributed by atoms with Crippen LogP contribution in [0.15, 0.2) is 28.9 Å². The molecule has 0 radical (unpaired) electrons. The molecule has 1 N–H and O–H groups in total. The maximum atomic E-state index is 10.8. The monoisotopic (exact) mass is 248 g/mol. The Morgan fingerprint density at radius 3 is 2.67 bits per heavy atom. The van der Waals surface area contributed by atoms with Crippen LogP contribution in [-0.4, -0.2) is 20.6 Å². The molecule has 0 spiro atoms. The van der Waals surface area contributed by atoms with Crippen molar-refractivity contribution in [2.75, 3.05) is 0 Å². The van der Waals surface area contributed by atoms with Crippen LogP contribution in [-0.2, 0) is 0 Å². The Kier molecular flexibility index (Phi) is 3.23. The molecule has 0 amide bonds. The maximum Gasteiger partial charge on any atom is 0.371 e. The van der Waals surface area contributed by atoms with Gasteiger partial charge in [0.2, 0.25) is 5.76 Å². The van der Waals surface area contributed by atoms with Crippen molar-refractivity contribution in [3.05, 3.63) is 41.9 Å². The van der Waals surface area contributed by atoms with Crippen molar-refractivity contribution in [3.8, 4) is 0 Å². The van der Waals surface area contributed by atoms with E-state index in [1.54, 1.807) is 12.3 Å². The van der Waals surface area contributed by atoms with Crippen LogP contribution in [0.5, 0.6) is 0 Å². The van der Waals surface area contributed by atoms with E-state index in [1.807, 2.05) is 17.7 Å². The number of hydrogen-bond acceptors (Lipinski definition) is 3. The van der Waals surface area contributed by atoms with Crippen LogP contribution < -0.4 is 0 Å². The predicted molar refractivity (Wildman–Crippen MR) is 65.8 cm³/mol. The molecule has 0 saturated heterocycles. The van der Waals surface area contributed by atoms with Gasteiger partial charge in [-0.3, -0.25) is 0 Å². The lowest BCUT2D eigenvalue weighted by Gasteiger charge is -2.15. The topological polar surface area (TPSA) is 68.3 Å². The van der Waals surface area contributed by atoms with Gasteiger partial charge in [0.05, 0.1) is 6.04 Å². The van der Waals surface area contributed by atoms with Crippen LogP contribution in [0.1, 0.15) is 54.9 Å². The first-order valence-electron chi connectivity index (χ1n) is 5.86. The first kappa shape index (κ1) is 12.4. The van der Waals surface area contributed by atoms with Crippen LogP contribution in [0.3, 0.4) is 0 Å². The summed E-state index contributed by atoms with van der Waals surface area (Å²) < 4.78 is 7.31. The summed E-state index contributed by atoms with van der Waals surface area (Å²) >= 11 is 0. The Morgan fingerprint density at radius 1 is 1.39 bits per heavy atom. The molecule has 0 aliphatic heterocycles. The van der Waals surface area contributed by atoms with Crippen LogP contribution in [0, 0.1) is 0 Å². The summed E-state index contributed by atoms with van der Waals surface area (Å²) in [6.45, 7) is 6.09. The average molecular weight is 248 g/mol. The Labute approximate surface area is 105 Å². The van der Waals surface area contributed by atoms with E-state index in [0.29, 0.717) is 11.7 Å². The Bertz CT molecular complexity index is 554. The zero-order valence-corrected chi connectivity index (χ0v) is 10.6. The summed E-state index contributed by atoms with van der Waals surface area (Å²) in [6, 6.07) is 3.09. The van der Waals surface area contributed by atoms with Gasteiger partial charge in [-0.05, 0) is 19.1 Å². The van der Waals surface area contributed by atoms with Gasteiger partial charge in [0.15, 0.2) is 0 Å². The number of imidazole rings is 1. The number of carbonyl (C=O) groups is 1. The van der Waals surface area contributed by atoms with Crippen LogP contribution in [0.25, 0.3) is 0 Å². The Hall–Kier alpha value is -2.04. The van der Waals surface area contributed by atoms with Crippen molar-refractivity contribution in [1.29, 1.82) is 0 Å². The van der Waals surface area contributed by atoms with E-state index in [1.165, 1.54) is 6.07 Å². The zero-order valence-electron chi connectivity index (χ0n) is 10.6. The van der Waals surface area contributed by atoms with E-state index in [2.05, 4.69) is 18.8 Å².